The van der Waals surface area contributed by atoms with Crippen LogP contribution in [0.2, 0.25) is 5.02 Å². The standard InChI is InChI=1S/C18H20ClN3O4S/c1-10-5-22(6-11(2)26-10)7-13-8-27-18(20-13)21-17(23)12-3-14(19)16-15(4-12)24-9-25-16/h3-4,8,10-11H,5-7,9H2,1-2H3,(H,20,21,23). The second kappa shape index (κ2) is 7.63. The Bertz CT molecular complexity index is 849. The van der Waals surface area contributed by atoms with E-state index < -0.39 is 0 Å². The molecule has 27 heavy (non-hydrogen) atoms. The molecular formula is C18H20ClN3O4S. The van der Waals surface area contributed by atoms with E-state index in [2.05, 4.69) is 29.0 Å². The molecule has 3 heterocycles. The average molecular weight is 410 g/mol. The summed E-state index contributed by atoms with van der Waals surface area (Å²) < 4.78 is 16.3. The molecule has 0 bridgehead atoms. The zero-order valence-electron chi connectivity index (χ0n) is 15.0. The van der Waals surface area contributed by atoms with E-state index in [0.29, 0.717) is 27.2 Å². The first kappa shape index (κ1) is 18.5. The van der Waals surface area contributed by atoms with Crippen LogP contribution >= 0.6 is 22.9 Å². The Morgan fingerprint density at radius 1 is 1.33 bits per heavy atom. The maximum atomic E-state index is 12.5. The molecule has 1 amide bonds. The highest BCUT2D eigenvalue weighted by molar-refractivity contribution is 7.14. The number of hydrogen-bond acceptors (Lipinski definition) is 7. The summed E-state index contributed by atoms with van der Waals surface area (Å²) >= 11 is 7.55. The first-order valence-electron chi connectivity index (χ1n) is 8.70. The van der Waals surface area contributed by atoms with Crippen molar-refractivity contribution in [3.8, 4) is 11.5 Å². The SMILES string of the molecule is CC1CN(Cc2csc(NC(=O)c3cc(Cl)c4c(c3)OCO4)n2)CC(C)O1. The number of amides is 1. The van der Waals surface area contributed by atoms with Crippen LogP contribution in [-0.4, -0.2) is 47.9 Å². The van der Waals surface area contributed by atoms with Gasteiger partial charge in [-0.15, -0.1) is 11.3 Å². The minimum Gasteiger partial charge on any atom is -0.454 e. The van der Waals surface area contributed by atoms with Crippen molar-refractivity contribution >= 4 is 34.0 Å². The van der Waals surface area contributed by atoms with Gasteiger partial charge in [-0.3, -0.25) is 15.0 Å². The Morgan fingerprint density at radius 3 is 2.89 bits per heavy atom. The summed E-state index contributed by atoms with van der Waals surface area (Å²) in [6.45, 7) is 6.74. The Kier molecular flexibility index (Phi) is 5.23. The zero-order valence-corrected chi connectivity index (χ0v) is 16.6. The molecule has 0 aliphatic carbocycles. The van der Waals surface area contributed by atoms with Gasteiger partial charge in [-0.05, 0) is 26.0 Å². The molecule has 2 aliphatic rings. The van der Waals surface area contributed by atoms with Crippen molar-refractivity contribution < 1.29 is 19.0 Å². The molecule has 1 saturated heterocycles. The molecule has 2 aromatic rings. The van der Waals surface area contributed by atoms with Crippen molar-refractivity contribution in [3.05, 3.63) is 33.8 Å². The van der Waals surface area contributed by atoms with Crippen molar-refractivity contribution in [2.45, 2.75) is 32.6 Å². The van der Waals surface area contributed by atoms with Crippen LogP contribution in [0.1, 0.15) is 29.9 Å². The summed E-state index contributed by atoms with van der Waals surface area (Å²) in [5, 5.41) is 5.69. The highest BCUT2D eigenvalue weighted by Gasteiger charge is 2.23. The molecule has 1 aromatic carbocycles. The number of thiazole rings is 1. The minimum atomic E-state index is -0.287. The van der Waals surface area contributed by atoms with Gasteiger partial charge >= 0.3 is 0 Å². The van der Waals surface area contributed by atoms with Gasteiger partial charge in [0.05, 0.1) is 22.9 Å². The minimum absolute atomic E-state index is 0.106. The fourth-order valence-electron chi connectivity index (χ4n) is 3.35. The maximum absolute atomic E-state index is 12.5. The van der Waals surface area contributed by atoms with Crippen LogP contribution < -0.4 is 14.8 Å². The van der Waals surface area contributed by atoms with E-state index >= 15 is 0 Å². The topological polar surface area (TPSA) is 72.9 Å². The summed E-state index contributed by atoms with van der Waals surface area (Å²) in [6.07, 6.45) is 0.421. The number of halogens is 1. The number of benzene rings is 1. The molecule has 4 rings (SSSR count). The van der Waals surface area contributed by atoms with Gasteiger partial charge < -0.3 is 14.2 Å². The number of aromatic nitrogens is 1. The molecule has 2 aliphatic heterocycles. The number of anilines is 1. The van der Waals surface area contributed by atoms with Gasteiger partial charge in [0.15, 0.2) is 16.6 Å². The number of ether oxygens (including phenoxy) is 3. The normalized spacial score (nSPS) is 22.0. The van der Waals surface area contributed by atoms with Crippen LogP contribution in [0.5, 0.6) is 11.5 Å². The summed E-state index contributed by atoms with van der Waals surface area (Å²) in [5.41, 5.74) is 1.33. The number of morpholine rings is 1. The fraction of sp³-hybridized carbons (Fsp3) is 0.444. The Morgan fingerprint density at radius 2 is 2.11 bits per heavy atom. The van der Waals surface area contributed by atoms with E-state index in [-0.39, 0.29) is 24.9 Å². The Labute approximate surface area is 166 Å². The van der Waals surface area contributed by atoms with E-state index in [9.17, 15) is 4.79 Å². The largest absolute Gasteiger partial charge is 0.454 e. The molecule has 144 valence electrons. The predicted octanol–water partition coefficient (Wildman–Crippen LogP) is 3.39. The van der Waals surface area contributed by atoms with Crippen LogP contribution in [0.3, 0.4) is 0 Å². The molecule has 0 radical (unpaired) electrons. The molecule has 7 nitrogen and oxygen atoms in total. The summed E-state index contributed by atoms with van der Waals surface area (Å²) in [5.74, 6) is 0.659. The number of carbonyl (C=O) groups excluding carboxylic acids is 1. The third-order valence-electron chi connectivity index (χ3n) is 4.34. The lowest BCUT2D eigenvalue weighted by molar-refractivity contribution is -0.0707. The van der Waals surface area contributed by atoms with Gasteiger partial charge in [0.25, 0.3) is 5.91 Å². The maximum Gasteiger partial charge on any atom is 0.257 e. The van der Waals surface area contributed by atoms with Gasteiger partial charge in [0.2, 0.25) is 6.79 Å². The predicted molar refractivity (Wildman–Crippen MR) is 103 cm³/mol. The molecular weight excluding hydrogens is 390 g/mol. The van der Waals surface area contributed by atoms with Gasteiger partial charge in [0, 0.05) is 30.6 Å². The van der Waals surface area contributed by atoms with Crippen molar-refractivity contribution in [2.75, 3.05) is 25.2 Å². The van der Waals surface area contributed by atoms with Gasteiger partial charge in [-0.25, -0.2) is 4.98 Å². The van der Waals surface area contributed by atoms with Crippen molar-refractivity contribution in [2.24, 2.45) is 0 Å². The molecule has 2 atom stereocenters. The summed E-state index contributed by atoms with van der Waals surface area (Å²) in [6, 6.07) is 3.18. The lowest BCUT2D eigenvalue weighted by Gasteiger charge is -2.34. The molecule has 1 aromatic heterocycles. The number of carbonyl (C=O) groups is 1. The van der Waals surface area contributed by atoms with E-state index in [1.165, 1.54) is 11.3 Å². The number of nitrogens with one attached hydrogen (secondary N) is 1. The zero-order chi connectivity index (χ0) is 19.0. The second-order valence-corrected chi connectivity index (χ2v) is 8.01. The van der Waals surface area contributed by atoms with E-state index in [4.69, 9.17) is 25.8 Å². The second-order valence-electron chi connectivity index (χ2n) is 6.74. The first-order chi connectivity index (χ1) is 13.0. The monoisotopic (exact) mass is 409 g/mol. The van der Waals surface area contributed by atoms with Crippen LogP contribution in [0.4, 0.5) is 5.13 Å². The number of rotatable bonds is 4. The number of nitrogens with zero attached hydrogens (tertiary/aromatic N) is 2. The van der Waals surface area contributed by atoms with Crippen LogP contribution in [0, 0.1) is 0 Å². The van der Waals surface area contributed by atoms with Gasteiger partial charge in [-0.2, -0.15) is 0 Å². The molecule has 0 spiro atoms. The van der Waals surface area contributed by atoms with E-state index in [1.54, 1.807) is 12.1 Å². The van der Waals surface area contributed by atoms with Gasteiger partial charge in [0.1, 0.15) is 0 Å². The number of fused-ring (bicyclic) bond motifs is 1. The highest BCUT2D eigenvalue weighted by atomic mass is 35.5. The summed E-state index contributed by atoms with van der Waals surface area (Å²) in [7, 11) is 0. The fourth-order valence-corrected chi connectivity index (χ4v) is 4.31. The van der Waals surface area contributed by atoms with Crippen LogP contribution in [-0.2, 0) is 11.3 Å². The Hall–Kier alpha value is -1.87. The van der Waals surface area contributed by atoms with Crippen LogP contribution in [0.15, 0.2) is 17.5 Å². The van der Waals surface area contributed by atoms with Crippen molar-refractivity contribution in [3.63, 3.8) is 0 Å². The highest BCUT2D eigenvalue weighted by Crippen LogP contribution is 2.40. The van der Waals surface area contributed by atoms with Crippen LogP contribution in [0.25, 0.3) is 0 Å². The third-order valence-corrected chi connectivity index (χ3v) is 5.43. The first-order valence-corrected chi connectivity index (χ1v) is 9.96. The lowest BCUT2D eigenvalue weighted by Crippen LogP contribution is -2.44. The smallest absolute Gasteiger partial charge is 0.257 e. The quantitative estimate of drug-likeness (QED) is 0.834. The van der Waals surface area contributed by atoms with Crippen molar-refractivity contribution in [1.29, 1.82) is 0 Å². The average Bonchev–Trinajstić information content (AvgIpc) is 3.23. The lowest BCUT2D eigenvalue weighted by atomic mass is 10.2. The van der Waals surface area contributed by atoms with E-state index in [1.807, 2.05) is 5.38 Å². The molecule has 9 heteroatoms. The van der Waals surface area contributed by atoms with Gasteiger partial charge in [-0.1, -0.05) is 11.6 Å². The third kappa shape index (κ3) is 4.19. The van der Waals surface area contributed by atoms with E-state index in [0.717, 1.165) is 25.3 Å². The summed E-state index contributed by atoms with van der Waals surface area (Å²) in [4.78, 5) is 19.4. The molecule has 1 N–H and O–H groups in total. The molecule has 1 fully saturated rings. The van der Waals surface area contributed by atoms with Crippen molar-refractivity contribution in [1.82, 2.24) is 9.88 Å². The molecule has 0 saturated carbocycles. The Balaban J connectivity index is 1.40. The number of hydrogen-bond donors (Lipinski definition) is 1. The molecule has 2 unspecified atom stereocenters.